The van der Waals surface area contributed by atoms with Crippen LogP contribution in [0.4, 0.5) is 0 Å². The van der Waals surface area contributed by atoms with Crippen molar-refractivity contribution in [3.8, 4) is 0 Å². The summed E-state index contributed by atoms with van der Waals surface area (Å²) in [5.41, 5.74) is 0.0925. The Morgan fingerprint density at radius 2 is 2.10 bits per heavy atom. The highest BCUT2D eigenvalue weighted by Crippen LogP contribution is 2.32. The topological polar surface area (TPSA) is 26.3 Å². The van der Waals surface area contributed by atoms with E-state index < -0.39 is 0 Å². The van der Waals surface area contributed by atoms with Crippen LogP contribution in [0.1, 0.15) is 13.8 Å². The normalized spacial score (nSPS) is 13.3. The average Bonchev–Trinajstić information content (AvgIpc) is 1.87. The molecule has 0 saturated heterocycles. The van der Waals surface area contributed by atoms with Gasteiger partial charge in [-0.25, -0.2) is 0 Å². The molecule has 0 aromatic heterocycles. The van der Waals surface area contributed by atoms with Gasteiger partial charge in [-0.2, -0.15) is 0 Å². The number of esters is 1. The van der Waals surface area contributed by atoms with Gasteiger partial charge in [0, 0.05) is 0 Å². The zero-order chi connectivity index (χ0) is 8.15. The third kappa shape index (κ3) is 3.17. The molecule has 0 aliphatic rings. The van der Waals surface area contributed by atoms with Crippen molar-refractivity contribution in [1.82, 2.24) is 0 Å². The minimum absolute atomic E-state index is 0.0568. The van der Waals surface area contributed by atoms with E-state index >= 15 is 0 Å². The first-order chi connectivity index (χ1) is 4.59. The van der Waals surface area contributed by atoms with Crippen molar-refractivity contribution in [1.29, 1.82) is 0 Å². The van der Waals surface area contributed by atoms with E-state index in [1.165, 1.54) is 0 Å². The molecule has 10 heavy (non-hydrogen) atoms. The molecular formula is C7H15O2P. The van der Waals surface area contributed by atoms with Crippen molar-refractivity contribution in [3.05, 3.63) is 0 Å². The van der Waals surface area contributed by atoms with Gasteiger partial charge in [0.1, 0.15) is 0 Å². The molecule has 0 fully saturated rings. The lowest BCUT2D eigenvalue weighted by atomic mass is 10.5. The molecule has 1 unspecified atom stereocenters. The van der Waals surface area contributed by atoms with Crippen LogP contribution in [0.3, 0.4) is 0 Å². The van der Waals surface area contributed by atoms with E-state index in [0.29, 0.717) is 6.61 Å². The Morgan fingerprint density at radius 3 is 2.40 bits per heavy atom. The molecular weight excluding hydrogens is 147 g/mol. The van der Waals surface area contributed by atoms with Crippen molar-refractivity contribution >= 4 is 13.9 Å². The Morgan fingerprint density at radius 1 is 1.60 bits per heavy atom. The van der Waals surface area contributed by atoms with Gasteiger partial charge in [-0.05, 0) is 27.2 Å². The van der Waals surface area contributed by atoms with Crippen molar-refractivity contribution in [2.24, 2.45) is 0 Å². The van der Waals surface area contributed by atoms with Crippen molar-refractivity contribution in [2.75, 3.05) is 19.9 Å². The van der Waals surface area contributed by atoms with Crippen molar-refractivity contribution in [3.63, 3.8) is 0 Å². The van der Waals surface area contributed by atoms with Gasteiger partial charge in [-0.1, -0.05) is 7.92 Å². The summed E-state index contributed by atoms with van der Waals surface area (Å²) in [6, 6.07) is 0. The maximum atomic E-state index is 11.0. The minimum atomic E-state index is -0.187. The average molecular weight is 162 g/mol. The Kier molecular flexibility index (Phi) is 4.63. The molecule has 0 heterocycles. The quantitative estimate of drug-likeness (QED) is 0.466. The molecule has 0 aliphatic carbocycles. The van der Waals surface area contributed by atoms with Gasteiger partial charge >= 0.3 is 5.97 Å². The second-order valence-electron chi connectivity index (χ2n) is 2.39. The zero-order valence-corrected chi connectivity index (χ0v) is 7.94. The summed E-state index contributed by atoms with van der Waals surface area (Å²) in [4.78, 5) is 11.0. The molecule has 0 N–H and O–H groups in total. The molecule has 0 rings (SSSR count). The summed E-state index contributed by atoms with van der Waals surface area (Å²) in [6.45, 7) is 8.40. The molecule has 0 aliphatic heterocycles. The first-order valence-corrected chi connectivity index (χ1v) is 5.73. The monoisotopic (exact) mass is 162 g/mol. The van der Waals surface area contributed by atoms with Gasteiger partial charge in [0.2, 0.25) is 0 Å². The van der Waals surface area contributed by atoms with Gasteiger partial charge in [0.25, 0.3) is 0 Å². The van der Waals surface area contributed by atoms with Gasteiger partial charge in [-0.3, -0.25) is 4.79 Å². The van der Waals surface area contributed by atoms with Crippen LogP contribution in [0.15, 0.2) is 0 Å². The fourth-order valence-electron chi connectivity index (χ4n) is 0.474. The van der Waals surface area contributed by atoms with Crippen LogP contribution >= 0.6 is 7.92 Å². The maximum Gasteiger partial charge on any atom is 0.312 e. The first-order valence-electron chi connectivity index (χ1n) is 3.42. The standard InChI is InChI=1S/C7H15O2P/c1-5-9-7(8)6(2)10(3)4/h6H,5H2,1-4H3. The number of hydrogen-bond donors (Lipinski definition) is 0. The van der Waals surface area contributed by atoms with Crippen LogP contribution in [-0.4, -0.2) is 31.6 Å². The van der Waals surface area contributed by atoms with Gasteiger partial charge in [0.05, 0.1) is 12.3 Å². The van der Waals surface area contributed by atoms with E-state index in [-0.39, 0.29) is 19.5 Å². The number of hydrogen-bond acceptors (Lipinski definition) is 2. The highest BCUT2D eigenvalue weighted by atomic mass is 31.1. The fraction of sp³-hybridized carbons (Fsp3) is 0.857. The van der Waals surface area contributed by atoms with Crippen LogP contribution in [-0.2, 0) is 9.53 Å². The molecule has 0 saturated carbocycles. The predicted octanol–water partition coefficient (Wildman–Crippen LogP) is 1.68. The zero-order valence-electron chi connectivity index (χ0n) is 7.05. The van der Waals surface area contributed by atoms with Crippen LogP contribution in [0, 0.1) is 0 Å². The SMILES string of the molecule is CCOC(=O)C(C)P(C)C. The smallest absolute Gasteiger partial charge is 0.312 e. The summed E-state index contributed by atoms with van der Waals surface area (Å²) in [5, 5.41) is 0. The Bertz CT molecular complexity index is 112. The van der Waals surface area contributed by atoms with Crippen LogP contribution in [0.2, 0.25) is 0 Å². The number of carbonyl (C=O) groups excluding carboxylic acids is 1. The second-order valence-corrected chi connectivity index (χ2v) is 5.09. The molecule has 3 heteroatoms. The molecule has 0 spiro atoms. The molecule has 0 aromatic carbocycles. The molecule has 0 radical (unpaired) electrons. The van der Waals surface area contributed by atoms with Crippen molar-refractivity contribution in [2.45, 2.75) is 19.5 Å². The third-order valence-corrected chi connectivity index (χ3v) is 3.16. The van der Waals surface area contributed by atoms with E-state index in [4.69, 9.17) is 4.74 Å². The molecule has 60 valence electrons. The lowest BCUT2D eigenvalue weighted by Crippen LogP contribution is -2.17. The van der Waals surface area contributed by atoms with Gasteiger partial charge < -0.3 is 4.74 Å². The predicted molar refractivity (Wildman–Crippen MR) is 44.9 cm³/mol. The third-order valence-electron chi connectivity index (χ3n) is 1.40. The van der Waals surface area contributed by atoms with E-state index in [0.717, 1.165) is 0 Å². The van der Waals surface area contributed by atoms with Crippen molar-refractivity contribution < 1.29 is 9.53 Å². The summed E-state index contributed by atoms with van der Waals surface area (Å²) >= 11 is 0. The summed E-state index contributed by atoms with van der Waals surface area (Å²) < 4.78 is 4.84. The minimum Gasteiger partial charge on any atom is -0.466 e. The molecule has 0 bridgehead atoms. The first kappa shape index (κ1) is 9.90. The highest BCUT2D eigenvalue weighted by molar-refractivity contribution is 7.57. The van der Waals surface area contributed by atoms with E-state index in [1.807, 2.05) is 13.8 Å². The van der Waals surface area contributed by atoms with E-state index in [9.17, 15) is 4.79 Å². The molecule has 2 nitrogen and oxygen atoms in total. The molecule has 0 amide bonds. The molecule has 1 atom stereocenters. The van der Waals surface area contributed by atoms with Gasteiger partial charge in [0.15, 0.2) is 0 Å². The Labute approximate surface area is 63.7 Å². The Hall–Kier alpha value is -0.100. The second kappa shape index (κ2) is 4.68. The summed E-state index contributed by atoms with van der Waals surface area (Å²) in [6.07, 6.45) is 0. The highest BCUT2D eigenvalue weighted by Gasteiger charge is 2.16. The van der Waals surface area contributed by atoms with E-state index in [1.54, 1.807) is 0 Å². The lowest BCUT2D eigenvalue weighted by Gasteiger charge is -2.13. The number of ether oxygens (including phenoxy) is 1. The lowest BCUT2D eigenvalue weighted by molar-refractivity contribution is -0.142. The fourth-order valence-corrected chi connectivity index (χ4v) is 0.970. The van der Waals surface area contributed by atoms with E-state index in [2.05, 4.69) is 13.3 Å². The van der Waals surface area contributed by atoms with Crippen LogP contribution in [0.5, 0.6) is 0 Å². The van der Waals surface area contributed by atoms with Crippen LogP contribution < -0.4 is 0 Å². The summed E-state index contributed by atoms with van der Waals surface area (Å²) in [5.74, 6) is -0.0568. The largest absolute Gasteiger partial charge is 0.466 e. The van der Waals surface area contributed by atoms with Crippen LogP contribution in [0.25, 0.3) is 0 Å². The number of carbonyl (C=O) groups is 1. The number of rotatable bonds is 3. The molecule has 0 aromatic rings. The summed E-state index contributed by atoms with van der Waals surface area (Å²) in [7, 11) is -0.187. The van der Waals surface area contributed by atoms with Gasteiger partial charge in [-0.15, -0.1) is 0 Å². The maximum absolute atomic E-state index is 11.0. The Balaban J connectivity index is 3.71.